The van der Waals surface area contributed by atoms with Crippen molar-refractivity contribution in [3.05, 3.63) is 23.8 Å². The number of likely N-dealkylation sites (tertiary alicyclic amines) is 1. The van der Waals surface area contributed by atoms with Gasteiger partial charge in [-0.1, -0.05) is 13.0 Å². The predicted octanol–water partition coefficient (Wildman–Crippen LogP) is 1.87. The quantitative estimate of drug-likeness (QED) is 0.831. The standard InChI is InChI=1S/C16H25N3O2/c1-11-4-5-14(13(17)8-11)18-16(20)10-19-7-6-12(2)15(9-19)21-3/h4-5,8,12,15H,6-7,9-10,17H2,1-3H3,(H,18,20). The summed E-state index contributed by atoms with van der Waals surface area (Å²) in [5, 5.41) is 2.88. The Morgan fingerprint density at radius 2 is 2.29 bits per heavy atom. The van der Waals surface area contributed by atoms with Crippen molar-refractivity contribution in [3.63, 3.8) is 0 Å². The van der Waals surface area contributed by atoms with Crippen LogP contribution in [-0.4, -0.2) is 43.7 Å². The molecule has 5 nitrogen and oxygen atoms in total. The Bertz CT molecular complexity index is 504. The molecule has 1 saturated heterocycles. The number of ether oxygens (including phenoxy) is 1. The van der Waals surface area contributed by atoms with Crippen LogP contribution in [0.15, 0.2) is 18.2 Å². The number of rotatable bonds is 4. The molecule has 1 heterocycles. The van der Waals surface area contributed by atoms with Gasteiger partial charge >= 0.3 is 0 Å². The van der Waals surface area contributed by atoms with E-state index in [0.717, 1.165) is 25.1 Å². The molecule has 1 fully saturated rings. The molecule has 2 rings (SSSR count). The zero-order valence-corrected chi connectivity index (χ0v) is 13.1. The lowest BCUT2D eigenvalue weighted by atomic mass is 9.96. The molecule has 0 aliphatic carbocycles. The molecule has 0 aromatic heterocycles. The summed E-state index contributed by atoms with van der Waals surface area (Å²) in [6.45, 7) is 6.27. The lowest BCUT2D eigenvalue weighted by Gasteiger charge is -2.35. The highest BCUT2D eigenvalue weighted by Crippen LogP contribution is 2.21. The molecule has 1 aromatic carbocycles. The number of nitrogens with one attached hydrogen (secondary N) is 1. The van der Waals surface area contributed by atoms with Crippen LogP contribution < -0.4 is 11.1 Å². The van der Waals surface area contributed by atoms with E-state index < -0.39 is 0 Å². The Labute approximate surface area is 126 Å². The molecule has 1 aliphatic rings. The van der Waals surface area contributed by atoms with Crippen LogP contribution in [0.2, 0.25) is 0 Å². The Balaban J connectivity index is 1.90. The highest BCUT2D eigenvalue weighted by Gasteiger charge is 2.27. The zero-order valence-electron chi connectivity index (χ0n) is 13.1. The Morgan fingerprint density at radius 3 is 2.95 bits per heavy atom. The average molecular weight is 291 g/mol. The summed E-state index contributed by atoms with van der Waals surface area (Å²) in [5.74, 6) is 0.511. The van der Waals surface area contributed by atoms with E-state index in [1.54, 1.807) is 7.11 Å². The second-order valence-corrected chi connectivity index (χ2v) is 5.91. The fraction of sp³-hybridized carbons (Fsp3) is 0.562. The summed E-state index contributed by atoms with van der Waals surface area (Å²) in [4.78, 5) is 14.3. The number of carbonyl (C=O) groups is 1. The molecule has 0 radical (unpaired) electrons. The fourth-order valence-corrected chi connectivity index (χ4v) is 2.74. The van der Waals surface area contributed by atoms with Gasteiger partial charge in [0.15, 0.2) is 0 Å². The molecule has 3 N–H and O–H groups in total. The number of methoxy groups -OCH3 is 1. The van der Waals surface area contributed by atoms with Crippen LogP contribution in [-0.2, 0) is 9.53 Å². The fourth-order valence-electron chi connectivity index (χ4n) is 2.74. The summed E-state index contributed by atoms with van der Waals surface area (Å²) >= 11 is 0. The second kappa shape index (κ2) is 6.91. The number of nitrogens with two attached hydrogens (primary N) is 1. The van der Waals surface area contributed by atoms with E-state index in [1.165, 1.54) is 0 Å². The molecule has 116 valence electrons. The molecule has 1 aromatic rings. The third kappa shape index (κ3) is 4.19. The maximum atomic E-state index is 12.1. The van der Waals surface area contributed by atoms with Gasteiger partial charge in [0.25, 0.3) is 0 Å². The number of amides is 1. The highest BCUT2D eigenvalue weighted by molar-refractivity contribution is 5.95. The number of nitrogen functional groups attached to an aromatic ring is 1. The predicted molar refractivity (Wildman–Crippen MR) is 85.2 cm³/mol. The summed E-state index contributed by atoms with van der Waals surface area (Å²) in [6, 6.07) is 5.65. The molecular weight excluding hydrogens is 266 g/mol. The first-order valence-electron chi connectivity index (χ1n) is 7.40. The maximum absolute atomic E-state index is 12.1. The minimum absolute atomic E-state index is 0.0324. The van der Waals surface area contributed by atoms with Crippen LogP contribution in [0.1, 0.15) is 18.9 Å². The number of hydrogen-bond acceptors (Lipinski definition) is 4. The van der Waals surface area contributed by atoms with Crippen molar-refractivity contribution in [2.75, 3.05) is 37.8 Å². The van der Waals surface area contributed by atoms with E-state index in [9.17, 15) is 4.79 Å². The highest BCUT2D eigenvalue weighted by atomic mass is 16.5. The van der Waals surface area contributed by atoms with Crippen LogP contribution in [0.3, 0.4) is 0 Å². The monoisotopic (exact) mass is 291 g/mol. The first-order chi connectivity index (χ1) is 9.99. The molecule has 2 unspecified atom stereocenters. The number of benzene rings is 1. The first kappa shape index (κ1) is 15.8. The van der Waals surface area contributed by atoms with Crippen LogP contribution >= 0.6 is 0 Å². The summed E-state index contributed by atoms with van der Waals surface area (Å²) < 4.78 is 5.47. The lowest BCUT2D eigenvalue weighted by molar-refractivity contribution is -0.118. The smallest absolute Gasteiger partial charge is 0.238 e. The van der Waals surface area contributed by atoms with Gasteiger partial charge in [-0.05, 0) is 43.5 Å². The van der Waals surface area contributed by atoms with E-state index >= 15 is 0 Å². The Hall–Kier alpha value is -1.59. The van der Waals surface area contributed by atoms with Crippen molar-refractivity contribution in [3.8, 4) is 0 Å². The van der Waals surface area contributed by atoms with E-state index in [0.29, 0.717) is 23.8 Å². The minimum atomic E-state index is -0.0324. The Morgan fingerprint density at radius 1 is 1.52 bits per heavy atom. The van der Waals surface area contributed by atoms with Crippen LogP contribution in [0, 0.1) is 12.8 Å². The van der Waals surface area contributed by atoms with Gasteiger partial charge in [-0.2, -0.15) is 0 Å². The van der Waals surface area contributed by atoms with Gasteiger partial charge in [-0.3, -0.25) is 9.69 Å². The van der Waals surface area contributed by atoms with E-state index in [-0.39, 0.29) is 12.0 Å². The molecule has 21 heavy (non-hydrogen) atoms. The van der Waals surface area contributed by atoms with Gasteiger partial charge < -0.3 is 15.8 Å². The van der Waals surface area contributed by atoms with Gasteiger partial charge in [-0.25, -0.2) is 0 Å². The third-order valence-electron chi connectivity index (χ3n) is 4.12. The van der Waals surface area contributed by atoms with Crippen molar-refractivity contribution in [1.29, 1.82) is 0 Å². The molecule has 2 atom stereocenters. The molecule has 1 aliphatic heterocycles. The van der Waals surface area contributed by atoms with Gasteiger partial charge in [-0.15, -0.1) is 0 Å². The summed E-state index contributed by atoms with van der Waals surface area (Å²) in [6.07, 6.45) is 1.26. The molecular formula is C16H25N3O2. The SMILES string of the molecule is COC1CN(CC(=O)Nc2ccc(C)cc2N)CCC1C. The second-order valence-electron chi connectivity index (χ2n) is 5.91. The van der Waals surface area contributed by atoms with Crippen molar-refractivity contribution < 1.29 is 9.53 Å². The van der Waals surface area contributed by atoms with E-state index in [1.807, 2.05) is 25.1 Å². The number of nitrogens with zero attached hydrogens (tertiary/aromatic N) is 1. The maximum Gasteiger partial charge on any atom is 0.238 e. The number of carbonyl (C=O) groups excluding carboxylic acids is 1. The summed E-state index contributed by atoms with van der Waals surface area (Å²) in [7, 11) is 1.73. The van der Waals surface area contributed by atoms with Gasteiger partial charge in [0, 0.05) is 13.7 Å². The van der Waals surface area contributed by atoms with Crippen LogP contribution in [0.25, 0.3) is 0 Å². The molecule has 5 heteroatoms. The third-order valence-corrected chi connectivity index (χ3v) is 4.12. The van der Waals surface area contributed by atoms with Crippen molar-refractivity contribution >= 4 is 17.3 Å². The van der Waals surface area contributed by atoms with E-state index in [4.69, 9.17) is 10.5 Å². The largest absolute Gasteiger partial charge is 0.397 e. The number of anilines is 2. The molecule has 0 saturated carbocycles. The minimum Gasteiger partial charge on any atom is -0.397 e. The number of hydrogen-bond donors (Lipinski definition) is 2. The Kier molecular flexibility index (Phi) is 5.20. The van der Waals surface area contributed by atoms with Gasteiger partial charge in [0.2, 0.25) is 5.91 Å². The van der Waals surface area contributed by atoms with Crippen LogP contribution in [0.5, 0.6) is 0 Å². The zero-order chi connectivity index (χ0) is 15.4. The molecule has 1 amide bonds. The first-order valence-corrected chi connectivity index (χ1v) is 7.40. The topological polar surface area (TPSA) is 67.6 Å². The summed E-state index contributed by atoms with van der Waals surface area (Å²) in [5.41, 5.74) is 8.28. The average Bonchev–Trinajstić information content (AvgIpc) is 2.44. The van der Waals surface area contributed by atoms with Crippen molar-refractivity contribution in [1.82, 2.24) is 4.90 Å². The number of piperidine rings is 1. The van der Waals surface area contributed by atoms with E-state index in [2.05, 4.69) is 17.1 Å². The lowest BCUT2D eigenvalue weighted by Crippen LogP contribution is -2.46. The van der Waals surface area contributed by atoms with Gasteiger partial charge in [0.1, 0.15) is 0 Å². The normalized spacial score (nSPS) is 23.0. The van der Waals surface area contributed by atoms with Crippen LogP contribution in [0.4, 0.5) is 11.4 Å². The van der Waals surface area contributed by atoms with Gasteiger partial charge in [0.05, 0.1) is 24.0 Å². The molecule has 0 bridgehead atoms. The number of aryl methyl sites for hydroxylation is 1. The van der Waals surface area contributed by atoms with Crippen molar-refractivity contribution in [2.45, 2.75) is 26.4 Å². The van der Waals surface area contributed by atoms with Crippen molar-refractivity contribution in [2.24, 2.45) is 5.92 Å². The molecule has 0 spiro atoms.